The molecule has 0 amide bonds. The van der Waals surface area contributed by atoms with Gasteiger partial charge in [-0.3, -0.25) is 9.00 Å². The van der Waals surface area contributed by atoms with Crippen LogP contribution in [-0.4, -0.2) is 40.5 Å². The molecule has 0 fully saturated rings. The molecule has 112 valence electrons. The standard InChI is InChI=1S/C14H26O4S/c1-18-12-10-8-6-4-3-5-7-9-11-13(14(15)16)19(2)17/h7,9,13H,3-6,8,10-12H2,1-2H3,(H,15,16). The van der Waals surface area contributed by atoms with Gasteiger partial charge in [0.05, 0.1) is 0 Å². The number of carboxylic acid groups (broad SMARTS) is 1. The third kappa shape index (κ3) is 10.9. The quantitative estimate of drug-likeness (QED) is 0.443. The Morgan fingerprint density at radius 1 is 1.21 bits per heavy atom. The highest BCUT2D eigenvalue weighted by molar-refractivity contribution is 7.85. The zero-order valence-corrected chi connectivity index (χ0v) is 12.8. The Labute approximate surface area is 118 Å². The molecule has 0 heterocycles. The van der Waals surface area contributed by atoms with Crippen LogP contribution in [0, 0.1) is 0 Å². The summed E-state index contributed by atoms with van der Waals surface area (Å²) in [6.45, 7) is 0.838. The summed E-state index contributed by atoms with van der Waals surface area (Å²) in [7, 11) is 0.411. The summed E-state index contributed by atoms with van der Waals surface area (Å²) in [5, 5.41) is 8.08. The topological polar surface area (TPSA) is 63.6 Å². The second kappa shape index (κ2) is 12.4. The van der Waals surface area contributed by atoms with E-state index in [0.29, 0.717) is 6.42 Å². The fourth-order valence-corrected chi connectivity index (χ4v) is 2.42. The lowest BCUT2D eigenvalue weighted by atomic mass is 10.1. The molecule has 0 radical (unpaired) electrons. The number of ether oxygens (including phenoxy) is 1. The zero-order chi connectivity index (χ0) is 14.5. The third-order valence-electron chi connectivity index (χ3n) is 2.91. The van der Waals surface area contributed by atoms with Crippen molar-refractivity contribution in [2.24, 2.45) is 0 Å². The van der Waals surface area contributed by atoms with Gasteiger partial charge in [-0.2, -0.15) is 0 Å². The number of rotatable bonds is 12. The molecule has 0 aliphatic heterocycles. The minimum absolute atomic E-state index is 0.353. The smallest absolute Gasteiger partial charge is 0.319 e. The molecule has 0 aromatic rings. The summed E-state index contributed by atoms with van der Waals surface area (Å²) in [6, 6.07) is 0. The van der Waals surface area contributed by atoms with E-state index in [4.69, 9.17) is 9.84 Å². The first-order chi connectivity index (χ1) is 9.09. The molecule has 0 aliphatic carbocycles. The van der Waals surface area contributed by atoms with Crippen molar-refractivity contribution in [3.63, 3.8) is 0 Å². The monoisotopic (exact) mass is 290 g/mol. The highest BCUT2D eigenvalue weighted by Crippen LogP contribution is 2.07. The van der Waals surface area contributed by atoms with Gasteiger partial charge in [0.2, 0.25) is 0 Å². The average molecular weight is 290 g/mol. The van der Waals surface area contributed by atoms with Gasteiger partial charge < -0.3 is 9.84 Å². The summed E-state index contributed by atoms with van der Waals surface area (Å²) in [6.07, 6.45) is 12.4. The van der Waals surface area contributed by atoms with Crippen LogP contribution in [-0.2, 0) is 20.3 Å². The Morgan fingerprint density at radius 3 is 2.42 bits per heavy atom. The first kappa shape index (κ1) is 18.3. The molecule has 0 rings (SSSR count). The first-order valence-corrected chi connectivity index (χ1v) is 8.40. The first-order valence-electron chi connectivity index (χ1n) is 6.78. The Kier molecular flexibility index (Phi) is 11.9. The van der Waals surface area contributed by atoms with Crippen molar-refractivity contribution < 1.29 is 18.8 Å². The molecule has 1 N–H and O–H groups in total. The van der Waals surface area contributed by atoms with E-state index in [2.05, 4.69) is 0 Å². The Bertz CT molecular complexity index is 275. The Hall–Kier alpha value is -0.680. The third-order valence-corrected chi connectivity index (χ3v) is 4.11. The molecule has 4 nitrogen and oxygen atoms in total. The maximum atomic E-state index is 11.2. The molecule has 0 spiro atoms. The van der Waals surface area contributed by atoms with E-state index in [9.17, 15) is 9.00 Å². The van der Waals surface area contributed by atoms with Crippen molar-refractivity contribution in [2.75, 3.05) is 20.0 Å². The van der Waals surface area contributed by atoms with Crippen molar-refractivity contribution in [1.29, 1.82) is 0 Å². The van der Waals surface area contributed by atoms with Gasteiger partial charge in [0.1, 0.15) is 5.25 Å². The minimum atomic E-state index is -1.31. The van der Waals surface area contributed by atoms with E-state index in [0.717, 1.165) is 25.9 Å². The van der Waals surface area contributed by atoms with E-state index >= 15 is 0 Å². The van der Waals surface area contributed by atoms with Crippen LogP contribution in [0.4, 0.5) is 0 Å². The number of aliphatic carboxylic acids is 1. The highest BCUT2D eigenvalue weighted by Gasteiger charge is 2.19. The second-order valence-electron chi connectivity index (χ2n) is 4.58. The molecular formula is C14H26O4S. The van der Waals surface area contributed by atoms with Crippen LogP contribution < -0.4 is 0 Å². The molecule has 2 unspecified atom stereocenters. The lowest BCUT2D eigenvalue weighted by Gasteiger charge is -2.05. The Morgan fingerprint density at radius 2 is 1.84 bits per heavy atom. The van der Waals surface area contributed by atoms with Crippen LogP contribution in [0.1, 0.15) is 44.9 Å². The number of hydrogen-bond donors (Lipinski definition) is 1. The van der Waals surface area contributed by atoms with Crippen LogP contribution in [0.5, 0.6) is 0 Å². The number of methoxy groups -OCH3 is 1. The number of carboxylic acids is 1. The van der Waals surface area contributed by atoms with Crippen LogP contribution in [0.2, 0.25) is 0 Å². The van der Waals surface area contributed by atoms with Gasteiger partial charge >= 0.3 is 5.97 Å². The fraction of sp³-hybridized carbons (Fsp3) is 0.786. The van der Waals surface area contributed by atoms with Crippen molar-refractivity contribution in [2.45, 2.75) is 50.2 Å². The average Bonchev–Trinajstić information content (AvgIpc) is 2.35. The molecular weight excluding hydrogens is 264 g/mol. The van der Waals surface area contributed by atoms with Gasteiger partial charge in [0.25, 0.3) is 0 Å². The van der Waals surface area contributed by atoms with E-state index < -0.39 is 22.0 Å². The predicted molar refractivity (Wildman–Crippen MR) is 78.8 cm³/mol. The lowest BCUT2D eigenvalue weighted by Crippen LogP contribution is -2.23. The molecule has 2 atom stereocenters. The van der Waals surface area contributed by atoms with Crippen molar-refractivity contribution in [3.8, 4) is 0 Å². The van der Waals surface area contributed by atoms with Crippen LogP contribution in [0.3, 0.4) is 0 Å². The zero-order valence-electron chi connectivity index (χ0n) is 12.0. The number of unbranched alkanes of at least 4 members (excludes halogenated alkanes) is 5. The molecule has 0 aromatic carbocycles. The van der Waals surface area contributed by atoms with Crippen LogP contribution in [0.15, 0.2) is 12.2 Å². The molecule has 5 heteroatoms. The summed E-state index contributed by atoms with van der Waals surface area (Å²) in [5.74, 6) is -0.983. The fourth-order valence-electron chi connectivity index (χ4n) is 1.75. The summed E-state index contributed by atoms with van der Waals surface area (Å²) in [5.41, 5.74) is 0. The number of carbonyl (C=O) groups is 1. The summed E-state index contributed by atoms with van der Waals surface area (Å²) >= 11 is 0. The largest absolute Gasteiger partial charge is 0.480 e. The van der Waals surface area contributed by atoms with E-state index in [1.807, 2.05) is 12.2 Å². The second-order valence-corrected chi connectivity index (χ2v) is 6.15. The van der Waals surface area contributed by atoms with Crippen molar-refractivity contribution in [1.82, 2.24) is 0 Å². The lowest BCUT2D eigenvalue weighted by molar-refractivity contribution is -0.136. The molecule has 0 saturated carbocycles. The van der Waals surface area contributed by atoms with Gasteiger partial charge in [-0.05, 0) is 25.7 Å². The van der Waals surface area contributed by atoms with Crippen LogP contribution >= 0.6 is 0 Å². The summed E-state index contributed by atoms with van der Waals surface area (Å²) in [4.78, 5) is 10.8. The van der Waals surface area contributed by atoms with Gasteiger partial charge in [0, 0.05) is 30.8 Å². The summed E-state index contributed by atoms with van der Waals surface area (Å²) < 4.78 is 16.1. The molecule has 0 saturated heterocycles. The SMILES string of the molecule is COCCCCCCCC=CCC(C(=O)O)S(C)=O. The van der Waals surface area contributed by atoms with Gasteiger partial charge in [-0.25, -0.2) is 0 Å². The molecule has 0 aromatic heterocycles. The maximum Gasteiger partial charge on any atom is 0.319 e. The van der Waals surface area contributed by atoms with E-state index in [1.54, 1.807) is 7.11 Å². The van der Waals surface area contributed by atoms with Crippen molar-refractivity contribution >= 4 is 16.8 Å². The van der Waals surface area contributed by atoms with E-state index in [1.165, 1.54) is 25.5 Å². The molecule has 0 bridgehead atoms. The highest BCUT2D eigenvalue weighted by atomic mass is 32.2. The van der Waals surface area contributed by atoms with Gasteiger partial charge in [-0.1, -0.05) is 31.4 Å². The molecule has 0 aliphatic rings. The number of allylic oxidation sites excluding steroid dienone is 2. The predicted octanol–water partition coefficient (Wildman–Crippen LogP) is 2.75. The molecule has 19 heavy (non-hydrogen) atoms. The Balaban J connectivity index is 3.53. The number of hydrogen-bond acceptors (Lipinski definition) is 3. The minimum Gasteiger partial charge on any atom is -0.480 e. The van der Waals surface area contributed by atoms with Gasteiger partial charge in [-0.15, -0.1) is 0 Å². The maximum absolute atomic E-state index is 11.2. The van der Waals surface area contributed by atoms with Crippen LogP contribution in [0.25, 0.3) is 0 Å². The van der Waals surface area contributed by atoms with Crippen molar-refractivity contribution in [3.05, 3.63) is 12.2 Å². The van der Waals surface area contributed by atoms with Gasteiger partial charge in [0.15, 0.2) is 0 Å². The van der Waals surface area contributed by atoms with E-state index in [-0.39, 0.29) is 0 Å². The normalized spacial score (nSPS) is 14.6.